The Morgan fingerprint density at radius 1 is 1.00 bits per heavy atom. The molecule has 1 N–H and O–H groups in total. The summed E-state index contributed by atoms with van der Waals surface area (Å²) in [5.41, 5.74) is 2.12. The van der Waals surface area contributed by atoms with Crippen LogP contribution in [0.1, 0.15) is 11.1 Å². The van der Waals surface area contributed by atoms with E-state index in [0.717, 1.165) is 21.3 Å². The summed E-state index contributed by atoms with van der Waals surface area (Å²) >= 11 is 3.54. The minimum Gasteiger partial charge on any atom is -0.493 e. The molecule has 0 bridgehead atoms. The van der Waals surface area contributed by atoms with Crippen LogP contribution in [0.3, 0.4) is 0 Å². The zero-order valence-corrected chi connectivity index (χ0v) is 17.3. The van der Waals surface area contributed by atoms with Gasteiger partial charge in [-0.15, -0.1) is 0 Å². The number of rotatable bonds is 10. The first-order chi connectivity index (χ1) is 13.8. The van der Waals surface area contributed by atoms with Gasteiger partial charge in [0.05, 0.1) is 7.11 Å². The predicted octanol–water partition coefficient (Wildman–Crippen LogP) is 4.60. The van der Waals surface area contributed by atoms with Crippen molar-refractivity contribution < 1.29 is 14.2 Å². The van der Waals surface area contributed by atoms with Crippen LogP contribution in [0.25, 0.3) is 0 Å². The molecule has 0 fully saturated rings. The van der Waals surface area contributed by atoms with E-state index in [2.05, 4.69) is 26.2 Å². The zero-order valence-electron chi connectivity index (χ0n) is 15.7. The summed E-state index contributed by atoms with van der Waals surface area (Å²) in [4.78, 5) is 4.14. The van der Waals surface area contributed by atoms with E-state index in [0.29, 0.717) is 37.9 Å². The lowest BCUT2D eigenvalue weighted by Crippen LogP contribution is -2.21. The molecule has 28 heavy (non-hydrogen) atoms. The number of benzene rings is 2. The highest BCUT2D eigenvalue weighted by atomic mass is 79.9. The number of pyridine rings is 1. The van der Waals surface area contributed by atoms with E-state index in [1.807, 2.05) is 60.7 Å². The van der Waals surface area contributed by atoms with Gasteiger partial charge in [-0.25, -0.2) is 4.98 Å². The first-order valence-electron chi connectivity index (χ1n) is 9.04. The number of hydrogen-bond acceptors (Lipinski definition) is 5. The number of nitrogens with zero attached hydrogens (tertiary/aromatic N) is 1. The smallest absolute Gasteiger partial charge is 0.213 e. The summed E-state index contributed by atoms with van der Waals surface area (Å²) < 4.78 is 18.2. The highest BCUT2D eigenvalue weighted by Gasteiger charge is 2.13. The quantitative estimate of drug-likeness (QED) is 0.465. The summed E-state index contributed by atoms with van der Waals surface area (Å²) in [5.74, 6) is 2.07. The maximum atomic E-state index is 6.10. The molecular weight excluding hydrogens is 420 g/mol. The molecule has 0 saturated carbocycles. The van der Waals surface area contributed by atoms with Crippen LogP contribution in [-0.4, -0.2) is 25.2 Å². The van der Waals surface area contributed by atoms with E-state index in [9.17, 15) is 0 Å². The van der Waals surface area contributed by atoms with E-state index in [1.165, 1.54) is 0 Å². The first kappa shape index (κ1) is 20.2. The zero-order chi connectivity index (χ0) is 19.6. The molecule has 0 saturated heterocycles. The maximum absolute atomic E-state index is 6.10. The van der Waals surface area contributed by atoms with Gasteiger partial charge in [0.2, 0.25) is 5.88 Å². The molecule has 1 heterocycles. The number of halogens is 1. The number of hydrogen-bond donors (Lipinski definition) is 1. The summed E-state index contributed by atoms with van der Waals surface area (Å²) in [7, 11) is 1.65. The van der Waals surface area contributed by atoms with Gasteiger partial charge < -0.3 is 19.5 Å². The van der Waals surface area contributed by atoms with Crippen LogP contribution in [0.2, 0.25) is 0 Å². The van der Waals surface area contributed by atoms with E-state index < -0.39 is 0 Å². The molecule has 0 aliphatic heterocycles. The van der Waals surface area contributed by atoms with Crippen molar-refractivity contribution in [3.63, 3.8) is 0 Å². The van der Waals surface area contributed by atoms with Gasteiger partial charge in [0.15, 0.2) is 11.5 Å². The molecule has 0 aliphatic rings. The van der Waals surface area contributed by atoms with Crippen LogP contribution in [0.15, 0.2) is 71.3 Å². The van der Waals surface area contributed by atoms with Gasteiger partial charge in [-0.1, -0.05) is 52.3 Å². The van der Waals surface area contributed by atoms with Crippen molar-refractivity contribution in [1.82, 2.24) is 10.3 Å². The Bertz CT molecular complexity index is 860. The summed E-state index contributed by atoms with van der Waals surface area (Å²) in [5, 5.41) is 3.38. The highest BCUT2D eigenvalue weighted by molar-refractivity contribution is 9.10. The van der Waals surface area contributed by atoms with Crippen LogP contribution in [-0.2, 0) is 13.2 Å². The molecule has 2 aromatic carbocycles. The minimum absolute atomic E-state index is 0.481. The van der Waals surface area contributed by atoms with Crippen molar-refractivity contribution in [3.05, 3.63) is 82.5 Å². The van der Waals surface area contributed by atoms with Gasteiger partial charge in [0.25, 0.3) is 0 Å². The summed E-state index contributed by atoms with van der Waals surface area (Å²) in [6, 6.07) is 19.6. The fourth-order valence-corrected chi connectivity index (χ4v) is 3.17. The molecule has 3 rings (SSSR count). The van der Waals surface area contributed by atoms with Gasteiger partial charge in [-0.05, 0) is 23.8 Å². The highest BCUT2D eigenvalue weighted by Crippen LogP contribution is 2.35. The van der Waals surface area contributed by atoms with E-state index >= 15 is 0 Å². The molecular formula is C22H23BrN2O3. The monoisotopic (exact) mass is 442 g/mol. The fourth-order valence-electron chi connectivity index (χ4n) is 2.68. The van der Waals surface area contributed by atoms with Crippen LogP contribution >= 0.6 is 15.9 Å². The van der Waals surface area contributed by atoms with Crippen LogP contribution in [0.5, 0.6) is 17.4 Å². The van der Waals surface area contributed by atoms with Crippen LogP contribution in [0.4, 0.5) is 0 Å². The third kappa shape index (κ3) is 5.97. The topological polar surface area (TPSA) is 52.6 Å². The Balaban J connectivity index is 1.59. The third-order valence-electron chi connectivity index (χ3n) is 4.02. The molecule has 0 amide bonds. The third-order valence-corrected chi connectivity index (χ3v) is 4.48. The van der Waals surface area contributed by atoms with Crippen molar-refractivity contribution >= 4 is 15.9 Å². The Labute approximate surface area is 173 Å². The molecule has 3 aromatic rings. The number of aromatic nitrogens is 1. The Morgan fingerprint density at radius 2 is 1.82 bits per heavy atom. The second-order valence-corrected chi connectivity index (χ2v) is 6.98. The second-order valence-electron chi connectivity index (χ2n) is 6.06. The average molecular weight is 443 g/mol. The van der Waals surface area contributed by atoms with Crippen molar-refractivity contribution in [2.45, 2.75) is 13.2 Å². The molecule has 0 atom stereocenters. The molecule has 0 spiro atoms. The van der Waals surface area contributed by atoms with Crippen molar-refractivity contribution in [2.24, 2.45) is 0 Å². The second kappa shape index (κ2) is 10.7. The first-order valence-corrected chi connectivity index (χ1v) is 9.83. The van der Waals surface area contributed by atoms with Crippen molar-refractivity contribution in [2.75, 3.05) is 20.3 Å². The molecule has 146 valence electrons. The summed E-state index contributed by atoms with van der Waals surface area (Å²) in [6.07, 6.45) is 1.72. The lowest BCUT2D eigenvalue weighted by Gasteiger charge is -2.16. The minimum atomic E-state index is 0.481. The lowest BCUT2D eigenvalue weighted by atomic mass is 10.1. The number of nitrogens with one attached hydrogen (secondary N) is 1. The standard InChI is InChI=1S/C22H23BrN2O3/c1-26-20-14-19(23)13-18(22(20)28-16-17-7-3-2-4-8-17)15-24-11-12-27-21-9-5-6-10-25-21/h2-10,13-14,24H,11-12,15-16H2,1H3. The largest absolute Gasteiger partial charge is 0.493 e. The number of ether oxygens (including phenoxy) is 3. The van der Waals surface area contributed by atoms with Gasteiger partial charge in [-0.2, -0.15) is 0 Å². The Morgan fingerprint density at radius 3 is 2.57 bits per heavy atom. The molecule has 0 aliphatic carbocycles. The van der Waals surface area contributed by atoms with Crippen LogP contribution < -0.4 is 19.5 Å². The van der Waals surface area contributed by atoms with Gasteiger partial charge in [0.1, 0.15) is 13.2 Å². The van der Waals surface area contributed by atoms with Gasteiger partial charge >= 0.3 is 0 Å². The molecule has 0 unspecified atom stereocenters. The van der Waals surface area contributed by atoms with Crippen molar-refractivity contribution in [3.8, 4) is 17.4 Å². The van der Waals surface area contributed by atoms with Gasteiger partial charge in [0, 0.05) is 35.4 Å². The normalized spacial score (nSPS) is 10.5. The Kier molecular flexibility index (Phi) is 7.70. The summed E-state index contributed by atoms with van der Waals surface area (Å²) in [6.45, 7) is 2.33. The van der Waals surface area contributed by atoms with Crippen molar-refractivity contribution in [1.29, 1.82) is 0 Å². The lowest BCUT2D eigenvalue weighted by molar-refractivity contribution is 0.278. The number of methoxy groups -OCH3 is 1. The molecule has 0 radical (unpaired) electrons. The van der Waals surface area contributed by atoms with E-state index in [4.69, 9.17) is 14.2 Å². The SMILES string of the molecule is COc1cc(Br)cc(CNCCOc2ccccn2)c1OCc1ccccc1. The molecule has 1 aromatic heterocycles. The Hall–Kier alpha value is -2.57. The fraction of sp³-hybridized carbons (Fsp3) is 0.227. The van der Waals surface area contributed by atoms with E-state index in [1.54, 1.807) is 13.3 Å². The van der Waals surface area contributed by atoms with Crippen LogP contribution in [0, 0.1) is 0 Å². The maximum Gasteiger partial charge on any atom is 0.213 e. The van der Waals surface area contributed by atoms with Gasteiger partial charge in [-0.3, -0.25) is 0 Å². The average Bonchev–Trinajstić information content (AvgIpc) is 2.73. The molecule has 6 heteroatoms. The molecule has 5 nitrogen and oxygen atoms in total. The van der Waals surface area contributed by atoms with E-state index in [-0.39, 0.29) is 0 Å². The predicted molar refractivity (Wildman–Crippen MR) is 113 cm³/mol.